The maximum absolute atomic E-state index is 12.9. The molecule has 2 aromatic carbocycles. The highest BCUT2D eigenvalue weighted by atomic mass is 32.2. The molecular formula is C22H16N2O3S3. The second-order valence-electron chi connectivity index (χ2n) is 6.50. The topological polar surface area (TPSA) is 69.6 Å². The van der Waals surface area contributed by atoms with Crippen LogP contribution in [-0.4, -0.2) is 26.3 Å². The van der Waals surface area contributed by atoms with E-state index in [1.165, 1.54) is 34.0 Å². The Labute approximate surface area is 187 Å². The van der Waals surface area contributed by atoms with Crippen LogP contribution in [0.4, 0.5) is 5.69 Å². The lowest BCUT2D eigenvalue weighted by atomic mass is 10.1. The third-order valence-electron chi connectivity index (χ3n) is 4.49. The summed E-state index contributed by atoms with van der Waals surface area (Å²) in [4.78, 5) is 26.9. The summed E-state index contributed by atoms with van der Waals surface area (Å²) < 4.78 is 0.321. The first kappa shape index (κ1) is 20.3. The van der Waals surface area contributed by atoms with Crippen molar-refractivity contribution in [3.8, 4) is 10.4 Å². The first-order chi connectivity index (χ1) is 14.4. The van der Waals surface area contributed by atoms with Crippen LogP contribution in [0, 0.1) is 6.92 Å². The zero-order valence-corrected chi connectivity index (χ0v) is 18.2. The fourth-order valence-corrected chi connectivity index (χ4v) is 5.29. The maximum atomic E-state index is 12.9. The van der Waals surface area contributed by atoms with Gasteiger partial charge in [-0.15, -0.1) is 11.3 Å². The molecule has 30 heavy (non-hydrogen) atoms. The number of thioether (sulfide) groups is 1. The summed E-state index contributed by atoms with van der Waals surface area (Å²) in [7, 11) is 0. The fraction of sp³-hybridized carbons (Fsp3) is 0.0455. The normalized spacial score (nSPS) is 15.1. The average Bonchev–Trinajstić information content (AvgIpc) is 3.29. The molecule has 1 aliphatic rings. The molecule has 0 saturated carbocycles. The van der Waals surface area contributed by atoms with Crippen molar-refractivity contribution in [2.45, 2.75) is 6.92 Å². The van der Waals surface area contributed by atoms with E-state index in [9.17, 15) is 14.7 Å². The highest BCUT2D eigenvalue weighted by Gasteiger charge is 2.33. The highest BCUT2D eigenvalue weighted by molar-refractivity contribution is 8.26. The van der Waals surface area contributed by atoms with Gasteiger partial charge in [0.25, 0.3) is 5.91 Å². The van der Waals surface area contributed by atoms with E-state index in [4.69, 9.17) is 12.2 Å². The molecule has 0 spiro atoms. The molecule has 2 heterocycles. The number of para-hydroxylation sites is 1. The van der Waals surface area contributed by atoms with Crippen molar-refractivity contribution in [2.75, 3.05) is 5.43 Å². The minimum absolute atomic E-state index is 0.0664. The van der Waals surface area contributed by atoms with E-state index in [2.05, 4.69) is 24.5 Å². The Balaban J connectivity index is 1.57. The summed E-state index contributed by atoms with van der Waals surface area (Å²) in [5, 5.41) is 10.6. The number of hydrazine groups is 1. The molecule has 3 aromatic rings. The summed E-state index contributed by atoms with van der Waals surface area (Å²) in [5.41, 5.74) is 5.58. The summed E-state index contributed by atoms with van der Waals surface area (Å²) in [6.45, 7) is 2.07. The smallest absolute Gasteiger partial charge is 0.337 e. The number of carbonyl (C=O) groups is 2. The summed E-state index contributed by atoms with van der Waals surface area (Å²) in [6, 6.07) is 18.6. The second-order valence-corrected chi connectivity index (χ2v) is 9.29. The molecule has 1 aliphatic heterocycles. The van der Waals surface area contributed by atoms with Gasteiger partial charge in [-0.3, -0.25) is 10.2 Å². The number of anilines is 1. The van der Waals surface area contributed by atoms with E-state index < -0.39 is 5.97 Å². The van der Waals surface area contributed by atoms with Crippen LogP contribution in [0.5, 0.6) is 0 Å². The summed E-state index contributed by atoms with van der Waals surface area (Å²) >= 11 is 8.12. The zero-order chi connectivity index (χ0) is 21.3. The van der Waals surface area contributed by atoms with Crippen molar-refractivity contribution in [3.63, 3.8) is 0 Å². The van der Waals surface area contributed by atoms with Crippen molar-refractivity contribution in [3.05, 3.63) is 81.6 Å². The lowest BCUT2D eigenvalue weighted by Crippen LogP contribution is -2.34. The number of benzene rings is 2. The third kappa shape index (κ3) is 4.02. The molecule has 1 amide bonds. The summed E-state index contributed by atoms with van der Waals surface area (Å²) in [5.74, 6) is -1.39. The number of nitrogens with zero attached hydrogens (tertiary/aromatic N) is 1. The fourth-order valence-electron chi connectivity index (χ4n) is 3.01. The molecule has 0 unspecified atom stereocenters. The van der Waals surface area contributed by atoms with Gasteiger partial charge in [0, 0.05) is 9.75 Å². The van der Waals surface area contributed by atoms with Crippen molar-refractivity contribution in [1.29, 1.82) is 0 Å². The van der Waals surface area contributed by atoms with Crippen LogP contribution in [-0.2, 0) is 4.79 Å². The van der Waals surface area contributed by atoms with E-state index in [1.54, 1.807) is 29.5 Å². The molecule has 150 valence electrons. The van der Waals surface area contributed by atoms with Gasteiger partial charge in [-0.25, -0.2) is 9.80 Å². The number of carbonyl (C=O) groups excluding carboxylic acids is 1. The average molecular weight is 453 g/mol. The van der Waals surface area contributed by atoms with Gasteiger partial charge in [-0.2, -0.15) is 0 Å². The number of thiophene rings is 1. The summed E-state index contributed by atoms with van der Waals surface area (Å²) in [6.07, 6.45) is 1.82. The predicted molar refractivity (Wildman–Crippen MR) is 127 cm³/mol. The molecule has 5 nitrogen and oxygen atoms in total. The Kier molecular flexibility index (Phi) is 5.72. The lowest BCUT2D eigenvalue weighted by molar-refractivity contribution is -0.121. The van der Waals surface area contributed by atoms with Crippen molar-refractivity contribution in [1.82, 2.24) is 5.01 Å². The van der Waals surface area contributed by atoms with Crippen LogP contribution in [0.3, 0.4) is 0 Å². The Bertz CT molecular complexity index is 1200. The van der Waals surface area contributed by atoms with Gasteiger partial charge in [0.05, 0.1) is 16.2 Å². The monoisotopic (exact) mass is 452 g/mol. The Morgan fingerprint density at radius 1 is 1.10 bits per heavy atom. The van der Waals surface area contributed by atoms with Gasteiger partial charge in [-0.1, -0.05) is 48.2 Å². The van der Waals surface area contributed by atoms with E-state index in [-0.39, 0.29) is 11.5 Å². The van der Waals surface area contributed by atoms with Gasteiger partial charge in [0.2, 0.25) is 0 Å². The standard InChI is InChI=1S/C22H16N2O3S3/c1-13-6-2-3-7-15(13)18-11-10-14(29-18)12-19-20(25)24(22(28)30-19)23-17-9-5-4-8-16(17)21(26)27/h2-12,23H,1H3,(H,26,27). The first-order valence-corrected chi connectivity index (χ1v) is 11.0. The number of hydrogen-bond donors (Lipinski definition) is 2. The van der Waals surface area contributed by atoms with E-state index in [0.717, 1.165) is 9.75 Å². The van der Waals surface area contributed by atoms with Gasteiger partial charge in [0.1, 0.15) is 0 Å². The van der Waals surface area contributed by atoms with E-state index in [0.29, 0.717) is 14.9 Å². The number of amides is 1. The number of carboxylic acid groups (broad SMARTS) is 1. The number of hydrogen-bond acceptors (Lipinski definition) is 6. The predicted octanol–water partition coefficient (Wildman–Crippen LogP) is 5.65. The number of thiocarbonyl (C=S) groups is 1. The number of rotatable bonds is 5. The second kappa shape index (κ2) is 8.43. The third-order valence-corrected chi connectivity index (χ3v) is 6.86. The van der Waals surface area contributed by atoms with Gasteiger partial charge >= 0.3 is 5.97 Å². The molecule has 8 heteroatoms. The molecule has 1 fully saturated rings. The number of aryl methyl sites for hydroxylation is 1. The molecule has 0 aliphatic carbocycles. The molecule has 1 aromatic heterocycles. The Morgan fingerprint density at radius 2 is 1.83 bits per heavy atom. The SMILES string of the molecule is Cc1ccccc1-c1ccc(C=C2SC(=S)N(Nc3ccccc3C(=O)O)C2=O)s1. The van der Waals surface area contributed by atoms with Crippen molar-refractivity contribution < 1.29 is 14.7 Å². The number of nitrogens with one attached hydrogen (secondary N) is 1. The minimum Gasteiger partial charge on any atom is -0.478 e. The zero-order valence-electron chi connectivity index (χ0n) is 15.8. The van der Waals surface area contributed by atoms with E-state index >= 15 is 0 Å². The molecule has 1 saturated heterocycles. The number of aromatic carboxylic acids is 1. The quantitative estimate of drug-likeness (QED) is 0.385. The first-order valence-electron chi connectivity index (χ1n) is 8.97. The van der Waals surface area contributed by atoms with Crippen LogP contribution >= 0.6 is 35.3 Å². The van der Waals surface area contributed by atoms with Crippen LogP contribution in [0.2, 0.25) is 0 Å². The molecule has 0 bridgehead atoms. The van der Waals surface area contributed by atoms with Gasteiger partial charge < -0.3 is 5.11 Å². The Hall–Kier alpha value is -2.94. The molecule has 2 N–H and O–H groups in total. The lowest BCUT2D eigenvalue weighted by Gasteiger charge is -2.18. The number of carboxylic acids is 1. The highest BCUT2D eigenvalue weighted by Crippen LogP contribution is 2.36. The minimum atomic E-state index is -1.08. The van der Waals surface area contributed by atoms with Crippen molar-refractivity contribution in [2.24, 2.45) is 0 Å². The largest absolute Gasteiger partial charge is 0.478 e. The van der Waals surface area contributed by atoms with Crippen LogP contribution in [0.15, 0.2) is 65.6 Å². The van der Waals surface area contributed by atoms with Gasteiger partial charge in [0.15, 0.2) is 4.32 Å². The van der Waals surface area contributed by atoms with Crippen LogP contribution < -0.4 is 5.43 Å². The van der Waals surface area contributed by atoms with Gasteiger partial charge in [-0.05, 0) is 60.6 Å². The molecule has 0 radical (unpaired) electrons. The van der Waals surface area contributed by atoms with Crippen molar-refractivity contribution >= 4 is 63.3 Å². The van der Waals surface area contributed by atoms with Crippen LogP contribution in [0.25, 0.3) is 16.5 Å². The maximum Gasteiger partial charge on any atom is 0.337 e. The molecular weight excluding hydrogens is 436 g/mol. The van der Waals surface area contributed by atoms with E-state index in [1.807, 2.05) is 30.3 Å². The Morgan fingerprint density at radius 3 is 2.60 bits per heavy atom. The molecule has 0 atom stereocenters. The molecule has 4 rings (SSSR count). The van der Waals surface area contributed by atoms with Crippen LogP contribution in [0.1, 0.15) is 20.8 Å².